The quantitative estimate of drug-likeness (QED) is 0.175. The summed E-state index contributed by atoms with van der Waals surface area (Å²) in [6, 6.07) is 0. The van der Waals surface area contributed by atoms with Crippen molar-refractivity contribution in [3.8, 4) is 0 Å². The number of unbranched alkanes of at least 4 members (excludes halogenated alkanes) is 12. The van der Waals surface area contributed by atoms with E-state index in [0.29, 0.717) is 0 Å². The monoisotopic (exact) mass is 464 g/mol. The Morgan fingerprint density at radius 3 is 1.11 bits per heavy atom. The SMILES string of the molecule is CCCCCCCC[CH2][BiH][CH2]CCCCCCCC. The second-order valence-corrected chi connectivity index (χ2v) is 11.8. The van der Waals surface area contributed by atoms with Gasteiger partial charge in [0.15, 0.2) is 0 Å². The average molecular weight is 464 g/mol. The fourth-order valence-corrected chi connectivity index (χ4v) is 7.40. The maximum absolute atomic E-state index is 2.30. The third-order valence-electron chi connectivity index (χ3n) is 3.91. The Bertz CT molecular complexity index is 129. The van der Waals surface area contributed by atoms with Gasteiger partial charge in [0, 0.05) is 0 Å². The summed E-state index contributed by atoms with van der Waals surface area (Å²) in [6.45, 7) is 4.61. The summed E-state index contributed by atoms with van der Waals surface area (Å²) in [4.78, 5) is 0. The van der Waals surface area contributed by atoms with Crippen molar-refractivity contribution in [3.05, 3.63) is 0 Å². The molecule has 0 aliphatic rings. The van der Waals surface area contributed by atoms with Gasteiger partial charge in [0.05, 0.1) is 0 Å². The Balaban J connectivity index is 2.88. The van der Waals surface area contributed by atoms with E-state index in [2.05, 4.69) is 13.8 Å². The van der Waals surface area contributed by atoms with Gasteiger partial charge in [-0.3, -0.25) is 0 Å². The molecule has 0 spiro atoms. The van der Waals surface area contributed by atoms with Gasteiger partial charge in [0.25, 0.3) is 0 Å². The molecule has 0 bridgehead atoms. The van der Waals surface area contributed by atoms with Crippen molar-refractivity contribution in [1.29, 1.82) is 0 Å². The van der Waals surface area contributed by atoms with Crippen molar-refractivity contribution < 1.29 is 0 Å². The third kappa shape index (κ3) is 18.9. The Hall–Kier alpha value is 0.883. The van der Waals surface area contributed by atoms with Crippen LogP contribution in [0, 0.1) is 0 Å². The van der Waals surface area contributed by atoms with Gasteiger partial charge in [-0.25, -0.2) is 0 Å². The molecule has 0 unspecified atom stereocenters. The maximum atomic E-state index is 2.30. The third-order valence-corrected chi connectivity index (χ3v) is 9.41. The van der Waals surface area contributed by atoms with Gasteiger partial charge in [0.2, 0.25) is 0 Å². The van der Waals surface area contributed by atoms with Crippen LogP contribution in [0.4, 0.5) is 0 Å². The molecule has 0 aromatic heterocycles. The normalized spacial score (nSPS) is 11.1. The van der Waals surface area contributed by atoms with E-state index in [1.165, 1.54) is 77.0 Å². The van der Waals surface area contributed by atoms with Gasteiger partial charge in [-0.1, -0.05) is 0 Å². The second kappa shape index (κ2) is 18.9. The van der Waals surface area contributed by atoms with Crippen LogP contribution in [-0.2, 0) is 0 Å². The molecule has 1 heteroatoms. The zero-order valence-corrected chi connectivity index (χ0v) is 17.7. The molecule has 0 amide bonds. The minimum absolute atomic E-state index is 0.143. The van der Waals surface area contributed by atoms with Crippen molar-refractivity contribution in [2.45, 2.75) is 112 Å². The Morgan fingerprint density at radius 2 is 0.737 bits per heavy atom. The molecule has 0 saturated heterocycles. The summed E-state index contributed by atoms with van der Waals surface area (Å²) >= 11 is -0.143. The fraction of sp³-hybridized carbons (Fsp3) is 1.00. The van der Waals surface area contributed by atoms with Gasteiger partial charge in [0.1, 0.15) is 0 Å². The van der Waals surface area contributed by atoms with Gasteiger partial charge in [-0.05, 0) is 0 Å². The molecule has 0 aliphatic heterocycles. The van der Waals surface area contributed by atoms with E-state index in [9.17, 15) is 0 Å². The molecule has 19 heavy (non-hydrogen) atoms. The van der Waals surface area contributed by atoms with Crippen LogP contribution in [0.15, 0.2) is 0 Å². The van der Waals surface area contributed by atoms with E-state index in [-0.39, 0.29) is 23.2 Å². The predicted octanol–water partition coefficient (Wildman–Crippen LogP) is 6.76. The summed E-state index contributed by atoms with van der Waals surface area (Å²) in [6.07, 6.45) is 20.9. The molecule has 0 radical (unpaired) electrons. The van der Waals surface area contributed by atoms with Crippen LogP contribution in [0.2, 0.25) is 8.26 Å². The minimum atomic E-state index is -0.143. The Labute approximate surface area is 135 Å². The molecule has 0 heterocycles. The summed E-state index contributed by atoms with van der Waals surface area (Å²) in [5.41, 5.74) is 0. The molecule has 0 aliphatic carbocycles. The molecule has 0 aromatic carbocycles. The van der Waals surface area contributed by atoms with Crippen molar-refractivity contribution >= 4 is 23.2 Å². The van der Waals surface area contributed by atoms with E-state index in [1.54, 1.807) is 21.1 Å². The molecule has 0 rings (SSSR count). The molecular weight excluding hydrogens is 425 g/mol. The predicted molar refractivity (Wildman–Crippen MR) is 92.7 cm³/mol. The molecule has 0 fully saturated rings. The van der Waals surface area contributed by atoms with E-state index < -0.39 is 0 Å². The molecule has 0 nitrogen and oxygen atoms in total. The van der Waals surface area contributed by atoms with Crippen molar-refractivity contribution in [2.75, 3.05) is 0 Å². The fourth-order valence-electron chi connectivity index (χ4n) is 2.54. The van der Waals surface area contributed by atoms with Crippen LogP contribution in [0.3, 0.4) is 0 Å². The average Bonchev–Trinajstić information content (AvgIpc) is 2.43. The zero-order valence-electron chi connectivity index (χ0n) is 13.8. The summed E-state index contributed by atoms with van der Waals surface area (Å²) in [7, 11) is 0. The number of hydrogen-bond donors (Lipinski definition) is 0. The van der Waals surface area contributed by atoms with Crippen LogP contribution < -0.4 is 0 Å². The van der Waals surface area contributed by atoms with Crippen molar-refractivity contribution in [2.24, 2.45) is 0 Å². The first-order chi connectivity index (χ1) is 9.41. The molecule has 116 valence electrons. The van der Waals surface area contributed by atoms with Crippen LogP contribution in [0.5, 0.6) is 0 Å². The van der Waals surface area contributed by atoms with Gasteiger partial charge >= 0.3 is 135 Å². The van der Waals surface area contributed by atoms with E-state index >= 15 is 0 Å². The van der Waals surface area contributed by atoms with E-state index in [1.807, 2.05) is 0 Å². The molecule has 0 saturated carbocycles. The number of rotatable bonds is 16. The van der Waals surface area contributed by atoms with Crippen LogP contribution in [-0.4, -0.2) is 23.2 Å². The zero-order chi connectivity index (χ0) is 14.0. The molecular formula is C18H39Bi. The molecule has 0 N–H and O–H groups in total. The topological polar surface area (TPSA) is 0 Å². The second-order valence-electron chi connectivity index (χ2n) is 5.99. The van der Waals surface area contributed by atoms with E-state index in [0.717, 1.165) is 0 Å². The Kier molecular flexibility index (Phi) is 19.8. The first-order valence-corrected chi connectivity index (χ1v) is 14.6. The van der Waals surface area contributed by atoms with Crippen LogP contribution in [0.25, 0.3) is 0 Å². The summed E-state index contributed by atoms with van der Waals surface area (Å²) in [5, 5.41) is 0. The van der Waals surface area contributed by atoms with Crippen molar-refractivity contribution in [3.63, 3.8) is 0 Å². The first-order valence-electron chi connectivity index (χ1n) is 9.12. The summed E-state index contributed by atoms with van der Waals surface area (Å²) < 4.78 is 3.37. The first kappa shape index (κ1) is 19.9. The van der Waals surface area contributed by atoms with Crippen LogP contribution >= 0.6 is 0 Å². The standard InChI is InChI=1S/2C9H19.Bi.H/c2*1-3-5-7-9-8-6-4-2;;/h2*1,3-9H2,2H3;;. The molecule has 0 aromatic rings. The van der Waals surface area contributed by atoms with Crippen LogP contribution in [0.1, 0.15) is 104 Å². The number of hydrogen-bond acceptors (Lipinski definition) is 0. The summed E-state index contributed by atoms with van der Waals surface area (Å²) in [5.74, 6) is 0. The Morgan fingerprint density at radius 1 is 0.421 bits per heavy atom. The van der Waals surface area contributed by atoms with Gasteiger partial charge < -0.3 is 0 Å². The van der Waals surface area contributed by atoms with Crippen molar-refractivity contribution in [1.82, 2.24) is 0 Å². The van der Waals surface area contributed by atoms with Gasteiger partial charge in [-0.15, -0.1) is 0 Å². The van der Waals surface area contributed by atoms with E-state index in [4.69, 9.17) is 0 Å². The molecule has 0 atom stereocenters. The van der Waals surface area contributed by atoms with Gasteiger partial charge in [-0.2, -0.15) is 0 Å².